The molecule has 0 bridgehead atoms. The summed E-state index contributed by atoms with van der Waals surface area (Å²) in [4.78, 5) is 0. The van der Waals surface area contributed by atoms with E-state index in [4.69, 9.17) is 5.26 Å². The van der Waals surface area contributed by atoms with Crippen molar-refractivity contribution in [2.24, 2.45) is 11.8 Å². The van der Waals surface area contributed by atoms with E-state index in [9.17, 15) is 0 Å². The van der Waals surface area contributed by atoms with Crippen LogP contribution in [-0.4, -0.2) is 6.04 Å². The third-order valence-corrected chi connectivity index (χ3v) is 4.68. The third-order valence-electron chi connectivity index (χ3n) is 4.68. The van der Waals surface area contributed by atoms with E-state index in [1.165, 1.54) is 37.7 Å². The minimum atomic E-state index is 0.561. The molecule has 20 heavy (non-hydrogen) atoms. The van der Waals surface area contributed by atoms with E-state index in [0.29, 0.717) is 6.04 Å². The quantitative estimate of drug-likeness (QED) is 0.794. The molecule has 0 amide bonds. The van der Waals surface area contributed by atoms with Gasteiger partial charge in [0.25, 0.3) is 0 Å². The number of rotatable bonds is 3. The summed E-state index contributed by atoms with van der Waals surface area (Å²) in [6.07, 6.45) is 6.51. The first-order chi connectivity index (χ1) is 9.60. The molecule has 1 fully saturated rings. The van der Waals surface area contributed by atoms with Gasteiger partial charge in [-0.1, -0.05) is 32.8 Å². The topological polar surface area (TPSA) is 35.8 Å². The average molecular weight is 270 g/mol. The van der Waals surface area contributed by atoms with Crippen LogP contribution in [-0.2, 0) is 0 Å². The maximum Gasteiger partial charge on any atom is 0.0992 e. The first-order valence-corrected chi connectivity index (χ1v) is 7.87. The fraction of sp³-hybridized carbons (Fsp3) is 0.611. The summed E-state index contributed by atoms with van der Waals surface area (Å²) in [5.41, 5.74) is 3.11. The second-order valence-corrected chi connectivity index (χ2v) is 6.50. The molecule has 1 saturated carbocycles. The lowest BCUT2D eigenvalue weighted by Crippen LogP contribution is -2.19. The summed E-state index contributed by atoms with van der Waals surface area (Å²) in [7, 11) is 0. The fourth-order valence-corrected chi connectivity index (χ4v) is 3.21. The Balaban J connectivity index is 2.02. The molecule has 1 N–H and O–H groups in total. The highest BCUT2D eigenvalue weighted by atomic mass is 14.9. The van der Waals surface area contributed by atoms with Crippen molar-refractivity contribution in [2.75, 3.05) is 5.32 Å². The maximum absolute atomic E-state index is 9.02. The number of nitrogens with zero attached hydrogens (tertiary/aromatic N) is 1. The van der Waals surface area contributed by atoms with Gasteiger partial charge >= 0.3 is 0 Å². The van der Waals surface area contributed by atoms with Gasteiger partial charge in [0, 0.05) is 11.7 Å². The van der Waals surface area contributed by atoms with Gasteiger partial charge in [0.15, 0.2) is 0 Å². The molecule has 108 valence electrons. The molecular formula is C18H26N2. The Kier molecular flexibility index (Phi) is 5.06. The number of hydrogen-bond acceptors (Lipinski definition) is 2. The molecule has 1 aliphatic carbocycles. The maximum atomic E-state index is 9.02. The van der Waals surface area contributed by atoms with Crippen LogP contribution >= 0.6 is 0 Å². The van der Waals surface area contributed by atoms with Crippen molar-refractivity contribution in [1.29, 1.82) is 5.26 Å². The molecule has 1 aromatic carbocycles. The van der Waals surface area contributed by atoms with Crippen LogP contribution in [0.1, 0.15) is 57.1 Å². The highest BCUT2D eigenvalue weighted by molar-refractivity contribution is 5.55. The Morgan fingerprint density at radius 3 is 2.70 bits per heavy atom. The van der Waals surface area contributed by atoms with Gasteiger partial charge in [-0.15, -0.1) is 0 Å². The van der Waals surface area contributed by atoms with Crippen LogP contribution in [0.5, 0.6) is 0 Å². The lowest BCUT2D eigenvalue weighted by molar-refractivity contribution is 0.341. The summed E-state index contributed by atoms with van der Waals surface area (Å²) < 4.78 is 0. The summed E-state index contributed by atoms with van der Waals surface area (Å²) in [6.45, 7) is 6.80. The molecule has 1 aromatic rings. The Morgan fingerprint density at radius 2 is 2.00 bits per heavy atom. The van der Waals surface area contributed by atoms with Crippen LogP contribution in [0.3, 0.4) is 0 Å². The highest BCUT2D eigenvalue weighted by Crippen LogP contribution is 2.30. The number of nitriles is 1. The zero-order valence-electron chi connectivity index (χ0n) is 12.9. The fourth-order valence-electron chi connectivity index (χ4n) is 3.21. The SMILES string of the molecule is Cc1ccc(C#N)cc1NC1CCCC(C(C)C)CC1. The van der Waals surface area contributed by atoms with Crippen molar-refractivity contribution in [3.8, 4) is 6.07 Å². The van der Waals surface area contributed by atoms with Gasteiger partial charge in [-0.2, -0.15) is 5.26 Å². The molecule has 1 aliphatic rings. The van der Waals surface area contributed by atoms with Gasteiger partial charge in [0.05, 0.1) is 11.6 Å². The van der Waals surface area contributed by atoms with Gasteiger partial charge in [-0.25, -0.2) is 0 Å². The predicted octanol–water partition coefficient (Wildman–Crippen LogP) is 4.88. The highest BCUT2D eigenvalue weighted by Gasteiger charge is 2.21. The first kappa shape index (κ1) is 14.9. The summed E-state index contributed by atoms with van der Waals surface area (Å²) >= 11 is 0. The summed E-state index contributed by atoms with van der Waals surface area (Å²) in [5, 5.41) is 12.7. The van der Waals surface area contributed by atoms with E-state index in [1.54, 1.807) is 0 Å². The molecule has 2 heteroatoms. The second kappa shape index (κ2) is 6.79. The van der Waals surface area contributed by atoms with Crippen LogP contribution in [0.2, 0.25) is 0 Å². The first-order valence-electron chi connectivity index (χ1n) is 7.87. The van der Waals surface area contributed by atoms with E-state index in [1.807, 2.05) is 18.2 Å². The molecule has 2 unspecified atom stereocenters. The van der Waals surface area contributed by atoms with Crippen LogP contribution < -0.4 is 5.32 Å². The van der Waals surface area contributed by atoms with Crippen molar-refractivity contribution in [3.05, 3.63) is 29.3 Å². The lowest BCUT2D eigenvalue weighted by atomic mass is 9.89. The van der Waals surface area contributed by atoms with Crippen LogP contribution in [0.25, 0.3) is 0 Å². The molecule has 0 aromatic heterocycles. The minimum Gasteiger partial charge on any atom is -0.382 e. The molecule has 2 rings (SSSR count). The van der Waals surface area contributed by atoms with E-state index < -0.39 is 0 Å². The number of anilines is 1. The third kappa shape index (κ3) is 3.76. The Labute approximate surface area is 123 Å². The smallest absolute Gasteiger partial charge is 0.0992 e. The molecular weight excluding hydrogens is 244 g/mol. The molecule has 2 atom stereocenters. The van der Waals surface area contributed by atoms with Gasteiger partial charge < -0.3 is 5.32 Å². The number of nitrogens with one attached hydrogen (secondary N) is 1. The molecule has 2 nitrogen and oxygen atoms in total. The van der Waals surface area contributed by atoms with Crippen molar-refractivity contribution in [2.45, 2.75) is 58.9 Å². The summed E-state index contributed by atoms with van der Waals surface area (Å²) in [5.74, 6) is 1.69. The largest absolute Gasteiger partial charge is 0.382 e. The van der Waals surface area contributed by atoms with E-state index in [2.05, 4.69) is 32.2 Å². The van der Waals surface area contributed by atoms with Gasteiger partial charge in [-0.3, -0.25) is 0 Å². The van der Waals surface area contributed by atoms with Crippen molar-refractivity contribution in [3.63, 3.8) is 0 Å². The van der Waals surface area contributed by atoms with Crippen molar-refractivity contribution >= 4 is 5.69 Å². The minimum absolute atomic E-state index is 0.561. The van der Waals surface area contributed by atoms with E-state index in [0.717, 1.165) is 23.1 Å². The van der Waals surface area contributed by atoms with Crippen LogP contribution in [0.4, 0.5) is 5.69 Å². The van der Waals surface area contributed by atoms with Gasteiger partial charge in [0.1, 0.15) is 0 Å². The van der Waals surface area contributed by atoms with Crippen molar-refractivity contribution < 1.29 is 0 Å². The standard InChI is InChI=1S/C18H26N2/c1-13(2)16-5-4-6-17(10-9-16)20-18-11-15(12-19)8-7-14(18)3/h7-8,11,13,16-17,20H,4-6,9-10H2,1-3H3. The van der Waals surface area contributed by atoms with Crippen LogP contribution in [0.15, 0.2) is 18.2 Å². The molecule has 0 saturated heterocycles. The second-order valence-electron chi connectivity index (χ2n) is 6.50. The Bertz CT molecular complexity index is 485. The predicted molar refractivity (Wildman–Crippen MR) is 84.7 cm³/mol. The molecule has 0 aliphatic heterocycles. The monoisotopic (exact) mass is 270 g/mol. The molecule has 0 radical (unpaired) electrons. The van der Waals surface area contributed by atoms with Crippen molar-refractivity contribution in [1.82, 2.24) is 0 Å². The zero-order valence-corrected chi connectivity index (χ0v) is 12.9. The zero-order chi connectivity index (χ0) is 14.5. The lowest BCUT2D eigenvalue weighted by Gasteiger charge is -2.21. The van der Waals surface area contributed by atoms with Gasteiger partial charge in [0.2, 0.25) is 0 Å². The number of hydrogen-bond donors (Lipinski definition) is 1. The summed E-state index contributed by atoms with van der Waals surface area (Å²) in [6, 6.07) is 8.70. The Morgan fingerprint density at radius 1 is 1.20 bits per heavy atom. The van der Waals surface area contributed by atoms with Gasteiger partial charge in [-0.05, 0) is 55.7 Å². The molecule has 0 heterocycles. The normalized spacial score (nSPS) is 23.1. The average Bonchev–Trinajstić information content (AvgIpc) is 2.67. The molecule has 0 spiro atoms. The van der Waals surface area contributed by atoms with Crippen LogP contribution in [0, 0.1) is 30.1 Å². The van der Waals surface area contributed by atoms with E-state index >= 15 is 0 Å². The Hall–Kier alpha value is -1.49. The number of benzene rings is 1. The van der Waals surface area contributed by atoms with E-state index in [-0.39, 0.29) is 0 Å². The number of aryl methyl sites for hydroxylation is 1.